The number of furan rings is 1. The number of halogens is 2. The van der Waals surface area contributed by atoms with Gasteiger partial charge in [-0.3, -0.25) is 9.69 Å². The topological polar surface area (TPSA) is 92.0 Å². The molecule has 0 bridgehead atoms. The fourth-order valence-electron chi connectivity index (χ4n) is 3.86. The van der Waals surface area contributed by atoms with Gasteiger partial charge in [-0.15, -0.1) is 0 Å². The minimum Gasteiger partial charge on any atom is -0.463 e. The van der Waals surface area contributed by atoms with Crippen LogP contribution < -0.4 is 5.32 Å². The second-order valence-corrected chi connectivity index (χ2v) is 8.35. The molecule has 1 aromatic heterocycles. The van der Waals surface area contributed by atoms with Gasteiger partial charge in [0, 0.05) is 0 Å². The number of aryl methyl sites for hydroxylation is 1. The number of ether oxygens (including phenoxy) is 1. The highest BCUT2D eigenvalue weighted by atomic mass is 19.1. The highest BCUT2D eigenvalue weighted by Gasteiger charge is 2.51. The van der Waals surface area contributed by atoms with Gasteiger partial charge in [0.1, 0.15) is 29.3 Å². The number of nitrogens with one attached hydrogen (secondary N) is 1. The van der Waals surface area contributed by atoms with Crippen LogP contribution in [-0.2, 0) is 15.1 Å². The number of aliphatic hydroxyl groups excluding tert-OH is 1. The molecule has 1 aliphatic heterocycles. The number of rotatable bonds is 8. The Labute approximate surface area is 194 Å². The van der Waals surface area contributed by atoms with Crippen LogP contribution in [0.3, 0.4) is 0 Å². The number of hydrogen-bond donors (Lipinski definition) is 2. The molecule has 2 heterocycles. The highest BCUT2D eigenvalue weighted by Crippen LogP contribution is 2.31. The van der Waals surface area contributed by atoms with Crippen LogP contribution in [0.2, 0.25) is 0 Å². The van der Waals surface area contributed by atoms with Gasteiger partial charge in [0.15, 0.2) is 5.54 Å². The predicted molar refractivity (Wildman–Crippen MR) is 118 cm³/mol. The first kappa shape index (κ1) is 23.6. The monoisotopic (exact) mass is 470 g/mol. The number of aliphatic hydroxyl groups is 1. The van der Waals surface area contributed by atoms with Crippen molar-refractivity contribution in [1.29, 1.82) is 0 Å². The number of amides is 3. The molecule has 2 atom stereocenters. The number of β-amino-alcohol motifs (C(OH)–C–C–N with tert-alkyl or cyclic N) is 1. The molecule has 1 saturated heterocycles. The lowest BCUT2D eigenvalue weighted by Crippen LogP contribution is -2.42. The number of nitrogens with zero attached hydrogens (tertiary/aromatic N) is 1. The van der Waals surface area contributed by atoms with Gasteiger partial charge < -0.3 is 19.6 Å². The molecule has 1 fully saturated rings. The summed E-state index contributed by atoms with van der Waals surface area (Å²) in [4.78, 5) is 26.4. The molecule has 0 aliphatic carbocycles. The van der Waals surface area contributed by atoms with Gasteiger partial charge in [0.2, 0.25) is 0 Å². The molecule has 2 N–H and O–H groups in total. The third-order valence-electron chi connectivity index (χ3n) is 5.70. The van der Waals surface area contributed by atoms with E-state index < -0.39 is 41.3 Å². The summed E-state index contributed by atoms with van der Waals surface area (Å²) in [6.45, 7) is 2.71. The van der Waals surface area contributed by atoms with Gasteiger partial charge in [0.05, 0.1) is 19.3 Å². The van der Waals surface area contributed by atoms with E-state index in [9.17, 15) is 23.5 Å². The largest absolute Gasteiger partial charge is 0.463 e. The first-order valence-corrected chi connectivity index (χ1v) is 10.7. The molecule has 0 spiro atoms. The average molecular weight is 470 g/mol. The van der Waals surface area contributed by atoms with Crippen molar-refractivity contribution in [1.82, 2.24) is 10.2 Å². The average Bonchev–Trinajstić information content (AvgIpc) is 3.34. The van der Waals surface area contributed by atoms with Crippen molar-refractivity contribution in [3.8, 4) is 0 Å². The van der Waals surface area contributed by atoms with Gasteiger partial charge >= 0.3 is 6.03 Å². The van der Waals surface area contributed by atoms with E-state index in [1.165, 1.54) is 55.5 Å². The van der Waals surface area contributed by atoms with Crippen LogP contribution in [0.1, 0.15) is 35.7 Å². The van der Waals surface area contributed by atoms with Crippen molar-refractivity contribution >= 4 is 11.9 Å². The molecule has 1 aliphatic rings. The molecule has 2 unspecified atom stereocenters. The summed E-state index contributed by atoms with van der Waals surface area (Å²) in [5.74, 6) is -0.508. The van der Waals surface area contributed by atoms with Crippen molar-refractivity contribution in [3.63, 3.8) is 0 Å². The Morgan fingerprint density at radius 3 is 2.06 bits per heavy atom. The van der Waals surface area contributed by atoms with Crippen molar-refractivity contribution in [2.24, 2.45) is 0 Å². The van der Waals surface area contributed by atoms with Crippen LogP contribution in [0.15, 0.2) is 65.1 Å². The second kappa shape index (κ2) is 9.36. The molecular formula is C25H24F2N2O5. The summed E-state index contributed by atoms with van der Waals surface area (Å²) in [6.07, 6.45) is -1.94. The van der Waals surface area contributed by atoms with Crippen LogP contribution >= 0.6 is 0 Å². The molecule has 3 aromatic rings. The minimum absolute atomic E-state index is 0.243. The number of hydrogen-bond acceptors (Lipinski definition) is 5. The van der Waals surface area contributed by atoms with Crippen LogP contribution in [0.25, 0.3) is 0 Å². The molecule has 0 radical (unpaired) electrons. The van der Waals surface area contributed by atoms with Crippen LogP contribution in [-0.4, -0.2) is 41.2 Å². The van der Waals surface area contributed by atoms with Gasteiger partial charge in [0.25, 0.3) is 5.91 Å². The smallest absolute Gasteiger partial charge is 0.325 e. The summed E-state index contributed by atoms with van der Waals surface area (Å²) in [6, 6.07) is 13.9. The minimum atomic E-state index is -1.38. The second-order valence-electron chi connectivity index (χ2n) is 8.35. The summed E-state index contributed by atoms with van der Waals surface area (Å²) in [5, 5.41) is 13.2. The summed E-state index contributed by atoms with van der Waals surface area (Å²) >= 11 is 0. The summed E-state index contributed by atoms with van der Waals surface area (Å²) < 4.78 is 38.2. The molecular weight excluding hydrogens is 446 g/mol. The zero-order valence-electron chi connectivity index (χ0n) is 18.6. The van der Waals surface area contributed by atoms with E-state index in [0.717, 1.165) is 4.90 Å². The maximum atomic E-state index is 13.4. The normalized spacial score (nSPS) is 19.1. The third kappa shape index (κ3) is 4.71. The van der Waals surface area contributed by atoms with Crippen molar-refractivity contribution in [2.75, 3.05) is 13.2 Å². The van der Waals surface area contributed by atoms with Crippen LogP contribution in [0, 0.1) is 18.6 Å². The van der Waals surface area contributed by atoms with Crippen molar-refractivity contribution < 1.29 is 32.6 Å². The number of benzene rings is 2. The van der Waals surface area contributed by atoms with Gasteiger partial charge in [-0.05, 0) is 61.4 Å². The molecule has 9 heteroatoms. The first-order valence-electron chi connectivity index (χ1n) is 10.7. The zero-order valence-corrected chi connectivity index (χ0v) is 18.6. The fourth-order valence-corrected chi connectivity index (χ4v) is 3.86. The molecule has 2 aromatic carbocycles. The Morgan fingerprint density at radius 2 is 1.56 bits per heavy atom. The Balaban J connectivity index is 1.46. The maximum absolute atomic E-state index is 13.4. The van der Waals surface area contributed by atoms with E-state index in [0.29, 0.717) is 22.6 Å². The molecule has 4 rings (SSSR count). The number of carbonyl (C=O) groups is 2. The summed E-state index contributed by atoms with van der Waals surface area (Å²) in [5.41, 5.74) is -0.191. The lowest BCUT2D eigenvalue weighted by Gasteiger charge is -2.23. The first-order chi connectivity index (χ1) is 16.2. The van der Waals surface area contributed by atoms with E-state index in [1.807, 2.05) is 0 Å². The molecule has 7 nitrogen and oxygen atoms in total. The number of carbonyl (C=O) groups excluding carboxylic acids is 2. The molecule has 178 valence electrons. The quantitative estimate of drug-likeness (QED) is 0.489. The lowest BCUT2D eigenvalue weighted by molar-refractivity contribution is -0.133. The Hall–Kier alpha value is -3.56. The molecule has 3 amide bonds. The maximum Gasteiger partial charge on any atom is 0.325 e. The fraction of sp³-hybridized carbons (Fsp3) is 0.280. The van der Waals surface area contributed by atoms with Crippen LogP contribution in [0.4, 0.5) is 13.6 Å². The standard InChI is InChI=1S/C25H24F2N2O5/c1-15-3-12-21(34-15)25(2)23(31)29(24(32)28-25)13-20(30)14-33-22(16-4-8-18(26)9-5-16)17-6-10-19(27)11-7-17/h3-12,20,22,30H,13-14H2,1-2H3,(H,28,32). The van der Waals surface area contributed by atoms with Crippen LogP contribution in [0.5, 0.6) is 0 Å². The van der Waals surface area contributed by atoms with E-state index in [2.05, 4.69) is 5.32 Å². The van der Waals surface area contributed by atoms with Gasteiger partial charge in [-0.25, -0.2) is 13.6 Å². The van der Waals surface area contributed by atoms with E-state index in [1.54, 1.807) is 19.1 Å². The predicted octanol–water partition coefficient (Wildman–Crippen LogP) is 3.80. The third-order valence-corrected chi connectivity index (χ3v) is 5.70. The van der Waals surface area contributed by atoms with Gasteiger partial charge in [-0.2, -0.15) is 0 Å². The highest BCUT2D eigenvalue weighted by molar-refractivity contribution is 6.06. The van der Waals surface area contributed by atoms with E-state index in [4.69, 9.17) is 9.15 Å². The Morgan fingerprint density at radius 1 is 1.00 bits per heavy atom. The molecule has 34 heavy (non-hydrogen) atoms. The lowest BCUT2D eigenvalue weighted by atomic mass is 9.99. The number of urea groups is 1. The molecule has 0 saturated carbocycles. The van der Waals surface area contributed by atoms with Crippen molar-refractivity contribution in [3.05, 3.63) is 94.9 Å². The van der Waals surface area contributed by atoms with E-state index in [-0.39, 0.29) is 13.2 Å². The summed E-state index contributed by atoms with van der Waals surface area (Å²) in [7, 11) is 0. The number of imide groups is 1. The van der Waals surface area contributed by atoms with E-state index >= 15 is 0 Å². The Kier molecular flexibility index (Phi) is 6.49. The SMILES string of the molecule is Cc1ccc(C2(C)NC(=O)N(CC(O)COC(c3ccc(F)cc3)c3ccc(F)cc3)C2=O)o1. The van der Waals surface area contributed by atoms with Gasteiger partial charge in [-0.1, -0.05) is 24.3 Å². The van der Waals surface area contributed by atoms with Crippen molar-refractivity contribution in [2.45, 2.75) is 31.6 Å². The zero-order chi connectivity index (χ0) is 24.5. The Bertz CT molecular complexity index is 1130.